The van der Waals surface area contributed by atoms with Crippen molar-refractivity contribution in [3.05, 3.63) is 47.4 Å². The molecule has 0 radical (unpaired) electrons. The third-order valence-corrected chi connectivity index (χ3v) is 3.45. The Balaban J connectivity index is 2.07. The van der Waals surface area contributed by atoms with Crippen LogP contribution >= 0.6 is 0 Å². The minimum Gasteiger partial charge on any atom is -0.385 e. The fraction of sp³-hybridized carbons (Fsp3) is 0.267. The molecular formula is C15H12F4N2. The van der Waals surface area contributed by atoms with E-state index in [0.29, 0.717) is 23.2 Å². The Labute approximate surface area is 118 Å². The van der Waals surface area contributed by atoms with Crippen LogP contribution in [0.2, 0.25) is 0 Å². The molecular weight excluding hydrogens is 284 g/mol. The van der Waals surface area contributed by atoms with Crippen molar-refractivity contribution in [3.63, 3.8) is 0 Å². The van der Waals surface area contributed by atoms with E-state index in [1.54, 1.807) is 6.07 Å². The molecule has 1 N–H and O–H groups in total. The number of anilines is 1. The van der Waals surface area contributed by atoms with Crippen LogP contribution < -0.4 is 5.32 Å². The van der Waals surface area contributed by atoms with Gasteiger partial charge in [0.25, 0.3) is 0 Å². The van der Waals surface area contributed by atoms with Gasteiger partial charge in [0.15, 0.2) is 0 Å². The van der Waals surface area contributed by atoms with Crippen LogP contribution in [0.15, 0.2) is 30.3 Å². The first-order chi connectivity index (χ1) is 9.95. The van der Waals surface area contributed by atoms with E-state index in [0.717, 1.165) is 19.0 Å². The first-order valence-electron chi connectivity index (χ1n) is 6.56. The number of benzene rings is 1. The van der Waals surface area contributed by atoms with Crippen LogP contribution in [0, 0.1) is 5.82 Å². The van der Waals surface area contributed by atoms with Gasteiger partial charge in [0, 0.05) is 23.4 Å². The smallest absolute Gasteiger partial charge is 0.385 e. The minimum absolute atomic E-state index is 0.110. The number of hydrogen-bond acceptors (Lipinski definition) is 2. The second-order valence-electron chi connectivity index (χ2n) is 4.92. The van der Waals surface area contributed by atoms with Gasteiger partial charge in [-0.15, -0.1) is 0 Å². The number of nitrogens with one attached hydrogen (secondary N) is 1. The highest BCUT2D eigenvalue weighted by atomic mass is 19.4. The van der Waals surface area contributed by atoms with Gasteiger partial charge in [-0.05, 0) is 37.1 Å². The van der Waals surface area contributed by atoms with Crippen molar-refractivity contribution in [2.75, 3.05) is 11.9 Å². The van der Waals surface area contributed by atoms with Gasteiger partial charge in [-0.25, -0.2) is 9.37 Å². The fourth-order valence-electron chi connectivity index (χ4n) is 2.44. The predicted octanol–water partition coefficient (Wildman–Crippen LogP) is 4.26. The van der Waals surface area contributed by atoms with Crippen LogP contribution in [0.5, 0.6) is 0 Å². The van der Waals surface area contributed by atoms with Gasteiger partial charge >= 0.3 is 6.18 Å². The Kier molecular flexibility index (Phi) is 3.31. The van der Waals surface area contributed by atoms with Gasteiger partial charge in [0.05, 0.1) is 5.69 Å². The summed E-state index contributed by atoms with van der Waals surface area (Å²) < 4.78 is 52.1. The minimum atomic E-state index is -4.51. The van der Waals surface area contributed by atoms with E-state index in [9.17, 15) is 17.6 Å². The molecule has 0 fully saturated rings. The molecule has 1 aliphatic heterocycles. The quantitative estimate of drug-likeness (QED) is 0.795. The molecule has 1 aromatic carbocycles. The summed E-state index contributed by atoms with van der Waals surface area (Å²) in [6.07, 6.45) is -3.05. The zero-order valence-electron chi connectivity index (χ0n) is 11.0. The summed E-state index contributed by atoms with van der Waals surface area (Å²) in [6, 6.07) is 6.51. The number of halogens is 4. The van der Waals surface area contributed by atoms with E-state index in [1.807, 2.05) is 0 Å². The van der Waals surface area contributed by atoms with Crippen molar-refractivity contribution in [2.24, 2.45) is 0 Å². The second kappa shape index (κ2) is 5.02. The van der Waals surface area contributed by atoms with E-state index in [4.69, 9.17) is 0 Å². The molecule has 2 aromatic rings. The first kappa shape index (κ1) is 13.9. The lowest BCUT2D eigenvalue weighted by Crippen LogP contribution is -2.13. The van der Waals surface area contributed by atoms with Crippen molar-refractivity contribution >= 4 is 5.69 Å². The molecule has 2 heterocycles. The summed E-state index contributed by atoms with van der Waals surface area (Å²) >= 11 is 0. The molecule has 0 aliphatic carbocycles. The standard InChI is InChI=1S/C15H12F4N2/c16-11-7-9(8-13-10(11)3-2-6-20-13)12-4-1-5-14(21-12)15(17,18)19/h1,4-5,7-8,20H,2-3,6H2. The van der Waals surface area contributed by atoms with E-state index >= 15 is 0 Å². The van der Waals surface area contributed by atoms with Crippen molar-refractivity contribution < 1.29 is 17.6 Å². The van der Waals surface area contributed by atoms with Crippen molar-refractivity contribution in [1.82, 2.24) is 4.98 Å². The zero-order valence-corrected chi connectivity index (χ0v) is 11.0. The van der Waals surface area contributed by atoms with Gasteiger partial charge < -0.3 is 5.32 Å². The molecule has 1 aliphatic rings. The Bertz CT molecular complexity index is 680. The number of rotatable bonds is 1. The molecule has 0 amide bonds. The summed E-state index contributed by atoms with van der Waals surface area (Å²) in [7, 11) is 0. The molecule has 1 aromatic heterocycles. The number of alkyl halides is 3. The SMILES string of the molecule is Fc1cc(-c2cccc(C(F)(F)F)n2)cc2c1CCCN2. The lowest BCUT2D eigenvalue weighted by Gasteiger charge is -2.19. The highest BCUT2D eigenvalue weighted by Crippen LogP contribution is 2.33. The first-order valence-corrected chi connectivity index (χ1v) is 6.56. The summed E-state index contributed by atoms with van der Waals surface area (Å²) in [5.41, 5.74) is 0.684. The van der Waals surface area contributed by atoms with E-state index in [1.165, 1.54) is 18.2 Å². The fourth-order valence-corrected chi connectivity index (χ4v) is 2.44. The number of nitrogens with zero attached hydrogens (tertiary/aromatic N) is 1. The van der Waals surface area contributed by atoms with Crippen LogP contribution in [0.4, 0.5) is 23.2 Å². The molecule has 0 spiro atoms. The van der Waals surface area contributed by atoms with Gasteiger partial charge in [-0.1, -0.05) is 6.07 Å². The molecule has 0 bridgehead atoms. The molecule has 0 atom stereocenters. The Morgan fingerprint density at radius 2 is 1.95 bits per heavy atom. The third-order valence-electron chi connectivity index (χ3n) is 3.45. The average Bonchev–Trinajstić information content (AvgIpc) is 2.46. The predicted molar refractivity (Wildman–Crippen MR) is 71.4 cm³/mol. The normalized spacial score (nSPS) is 14.5. The van der Waals surface area contributed by atoms with Crippen molar-refractivity contribution in [3.8, 4) is 11.3 Å². The van der Waals surface area contributed by atoms with Crippen LogP contribution in [-0.4, -0.2) is 11.5 Å². The van der Waals surface area contributed by atoms with E-state index in [2.05, 4.69) is 10.3 Å². The maximum absolute atomic E-state index is 14.1. The monoisotopic (exact) mass is 296 g/mol. The topological polar surface area (TPSA) is 24.9 Å². The van der Waals surface area contributed by atoms with Crippen LogP contribution in [0.3, 0.4) is 0 Å². The van der Waals surface area contributed by atoms with E-state index < -0.39 is 17.7 Å². The Morgan fingerprint density at radius 3 is 2.71 bits per heavy atom. The van der Waals surface area contributed by atoms with Crippen LogP contribution in [0.25, 0.3) is 11.3 Å². The molecule has 110 valence electrons. The second-order valence-corrected chi connectivity index (χ2v) is 4.92. The number of aromatic nitrogens is 1. The molecule has 21 heavy (non-hydrogen) atoms. The summed E-state index contributed by atoms with van der Waals surface area (Å²) in [5.74, 6) is -0.408. The third kappa shape index (κ3) is 2.70. The highest BCUT2D eigenvalue weighted by molar-refractivity contribution is 5.68. The number of pyridine rings is 1. The maximum atomic E-state index is 14.1. The average molecular weight is 296 g/mol. The Morgan fingerprint density at radius 1 is 1.14 bits per heavy atom. The molecule has 0 saturated carbocycles. The van der Waals surface area contributed by atoms with Crippen LogP contribution in [0.1, 0.15) is 17.7 Å². The van der Waals surface area contributed by atoms with Crippen LogP contribution in [-0.2, 0) is 12.6 Å². The maximum Gasteiger partial charge on any atom is 0.433 e. The summed E-state index contributed by atoms with van der Waals surface area (Å²) in [5, 5.41) is 3.07. The molecule has 2 nitrogen and oxygen atoms in total. The van der Waals surface area contributed by atoms with Gasteiger partial charge in [0.1, 0.15) is 11.5 Å². The molecule has 0 saturated heterocycles. The Hall–Kier alpha value is -2.11. The van der Waals surface area contributed by atoms with Crippen molar-refractivity contribution in [1.29, 1.82) is 0 Å². The van der Waals surface area contributed by atoms with Gasteiger partial charge in [-0.2, -0.15) is 13.2 Å². The summed E-state index contributed by atoms with van der Waals surface area (Å²) in [4.78, 5) is 3.58. The number of fused-ring (bicyclic) bond motifs is 1. The molecule has 0 unspecified atom stereocenters. The molecule has 3 rings (SSSR count). The van der Waals surface area contributed by atoms with E-state index in [-0.39, 0.29) is 5.69 Å². The number of hydrogen-bond donors (Lipinski definition) is 1. The van der Waals surface area contributed by atoms with Gasteiger partial charge in [0.2, 0.25) is 0 Å². The van der Waals surface area contributed by atoms with Crippen molar-refractivity contribution in [2.45, 2.75) is 19.0 Å². The lowest BCUT2D eigenvalue weighted by atomic mass is 9.99. The van der Waals surface area contributed by atoms with Gasteiger partial charge in [-0.3, -0.25) is 0 Å². The highest BCUT2D eigenvalue weighted by Gasteiger charge is 2.32. The zero-order chi connectivity index (χ0) is 15.0. The molecule has 6 heteroatoms. The summed E-state index contributed by atoms with van der Waals surface area (Å²) in [6.45, 7) is 0.728. The lowest BCUT2D eigenvalue weighted by molar-refractivity contribution is -0.141. The largest absolute Gasteiger partial charge is 0.433 e.